The monoisotopic (exact) mass is 518 g/mol. The van der Waals surface area contributed by atoms with Crippen LogP contribution in [0.4, 0.5) is 9.59 Å². The number of morpholine rings is 1. The number of hydrogen-bond acceptors (Lipinski definition) is 7. The molecule has 0 aliphatic carbocycles. The molecular formula is C28H42N2O7. The molecule has 0 saturated carbocycles. The number of nitrogens with zero attached hydrogens (tertiary/aromatic N) is 2. The van der Waals surface area contributed by atoms with Gasteiger partial charge < -0.3 is 18.9 Å². The first-order valence-corrected chi connectivity index (χ1v) is 12.6. The van der Waals surface area contributed by atoms with E-state index in [9.17, 15) is 14.4 Å². The van der Waals surface area contributed by atoms with Gasteiger partial charge in [-0.3, -0.25) is 9.80 Å². The van der Waals surface area contributed by atoms with Crippen LogP contribution in [0.15, 0.2) is 43.0 Å². The molecule has 0 aromatic heterocycles. The van der Waals surface area contributed by atoms with Gasteiger partial charge in [-0.25, -0.2) is 14.4 Å². The summed E-state index contributed by atoms with van der Waals surface area (Å²) >= 11 is 0. The minimum Gasteiger partial charge on any atom is -0.458 e. The molecule has 0 N–H and O–H groups in total. The van der Waals surface area contributed by atoms with Crippen molar-refractivity contribution >= 4 is 18.2 Å². The average molecular weight is 519 g/mol. The zero-order chi connectivity index (χ0) is 27.8. The highest BCUT2D eigenvalue weighted by molar-refractivity contribution is 5.81. The van der Waals surface area contributed by atoms with Crippen LogP contribution >= 0.6 is 0 Å². The molecule has 0 unspecified atom stereocenters. The molecule has 1 aliphatic rings. The fourth-order valence-corrected chi connectivity index (χ4v) is 3.86. The maximum Gasteiger partial charge on any atom is 0.411 e. The van der Waals surface area contributed by atoms with Gasteiger partial charge in [0.2, 0.25) is 0 Å². The van der Waals surface area contributed by atoms with Gasteiger partial charge in [0.15, 0.2) is 0 Å². The number of ether oxygens (including phenoxy) is 4. The van der Waals surface area contributed by atoms with E-state index >= 15 is 0 Å². The van der Waals surface area contributed by atoms with E-state index in [4.69, 9.17) is 18.9 Å². The van der Waals surface area contributed by atoms with Crippen LogP contribution in [0.3, 0.4) is 0 Å². The molecule has 9 heteroatoms. The quantitative estimate of drug-likeness (QED) is 0.273. The summed E-state index contributed by atoms with van der Waals surface area (Å²) in [6, 6.07) is 7.37. The highest BCUT2D eigenvalue weighted by Gasteiger charge is 2.41. The summed E-state index contributed by atoms with van der Waals surface area (Å²) < 4.78 is 22.6. The van der Waals surface area contributed by atoms with Crippen LogP contribution in [-0.4, -0.2) is 77.0 Å². The Kier molecular flexibility index (Phi) is 10.5. The van der Waals surface area contributed by atoms with E-state index < -0.39 is 41.4 Å². The summed E-state index contributed by atoms with van der Waals surface area (Å²) in [4.78, 5) is 42.4. The van der Waals surface area contributed by atoms with E-state index in [0.29, 0.717) is 13.0 Å². The van der Waals surface area contributed by atoms with Crippen molar-refractivity contribution in [2.75, 3.05) is 19.8 Å². The third-order valence-electron chi connectivity index (χ3n) is 5.51. The molecule has 0 radical (unpaired) electrons. The van der Waals surface area contributed by atoms with Crippen LogP contribution in [0.1, 0.15) is 60.5 Å². The summed E-state index contributed by atoms with van der Waals surface area (Å²) in [6.07, 6.45) is 0.978. The highest BCUT2D eigenvalue weighted by Crippen LogP contribution is 2.23. The lowest BCUT2D eigenvalue weighted by molar-refractivity contribution is -0.160. The molecule has 2 amide bonds. The smallest absolute Gasteiger partial charge is 0.411 e. The minimum atomic E-state index is -0.970. The second kappa shape index (κ2) is 12.9. The highest BCUT2D eigenvalue weighted by atomic mass is 16.6. The van der Waals surface area contributed by atoms with Crippen molar-refractivity contribution < 1.29 is 33.3 Å². The van der Waals surface area contributed by atoms with E-state index in [2.05, 4.69) is 6.58 Å². The minimum absolute atomic E-state index is 0.0130. The van der Waals surface area contributed by atoms with Gasteiger partial charge in [0.25, 0.3) is 0 Å². The van der Waals surface area contributed by atoms with Gasteiger partial charge in [0.1, 0.15) is 23.9 Å². The van der Waals surface area contributed by atoms with Crippen molar-refractivity contribution in [2.24, 2.45) is 0 Å². The standard InChI is InChI=1S/C28H42N2O7/c1-9-13-22-18-34-19-23(30(22)26(33)37-28(6,7)8)16-29(20(2)24(31)36-27(3,4)5)25(32)35-17-21-14-11-10-12-15-21/h9-12,14-15,20,22-23H,1,13,16-19H2,2-8H3/t20-,22-,23+/m0/s1. The lowest BCUT2D eigenvalue weighted by atomic mass is 10.1. The number of benzene rings is 1. The van der Waals surface area contributed by atoms with Crippen molar-refractivity contribution in [1.29, 1.82) is 0 Å². The van der Waals surface area contributed by atoms with E-state index in [1.807, 2.05) is 30.3 Å². The van der Waals surface area contributed by atoms with Crippen LogP contribution in [0.2, 0.25) is 0 Å². The van der Waals surface area contributed by atoms with Crippen molar-refractivity contribution in [2.45, 2.75) is 90.8 Å². The number of hydrogen-bond donors (Lipinski definition) is 0. The van der Waals surface area contributed by atoms with Crippen LogP contribution in [-0.2, 0) is 30.3 Å². The second-order valence-electron chi connectivity index (χ2n) is 11.2. The van der Waals surface area contributed by atoms with Crippen molar-refractivity contribution in [3.63, 3.8) is 0 Å². The van der Waals surface area contributed by atoms with Gasteiger partial charge in [-0.15, -0.1) is 6.58 Å². The summed E-state index contributed by atoms with van der Waals surface area (Å²) in [5.74, 6) is -0.577. The van der Waals surface area contributed by atoms with Gasteiger partial charge in [0.05, 0.1) is 25.3 Å². The van der Waals surface area contributed by atoms with Crippen molar-refractivity contribution in [1.82, 2.24) is 9.80 Å². The van der Waals surface area contributed by atoms with E-state index in [1.165, 1.54) is 4.90 Å². The van der Waals surface area contributed by atoms with Crippen LogP contribution in [0.25, 0.3) is 0 Å². The largest absolute Gasteiger partial charge is 0.458 e. The molecule has 1 aromatic carbocycles. The predicted molar refractivity (Wildman–Crippen MR) is 140 cm³/mol. The topological polar surface area (TPSA) is 94.6 Å². The Morgan fingerprint density at radius 3 is 2.22 bits per heavy atom. The molecule has 37 heavy (non-hydrogen) atoms. The molecule has 2 rings (SSSR count). The lowest BCUT2D eigenvalue weighted by Gasteiger charge is -2.44. The number of rotatable bonds is 8. The van der Waals surface area contributed by atoms with Crippen LogP contribution < -0.4 is 0 Å². The summed E-state index contributed by atoms with van der Waals surface area (Å²) in [5.41, 5.74) is -0.643. The van der Waals surface area contributed by atoms with E-state index in [0.717, 1.165) is 5.56 Å². The third-order valence-corrected chi connectivity index (χ3v) is 5.51. The molecule has 0 spiro atoms. The van der Waals surface area contributed by atoms with Gasteiger partial charge >= 0.3 is 18.2 Å². The Morgan fingerprint density at radius 1 is 1.05 bits per heavy atom. The molecular weight excluding hydrogens is 476 g/mol. The van der Waals surface area contributed by atoms with Crippen molar-refractivity contribution in [3.05, 3.63) is 48.6 Å². The number of esters is 1. The number of amides is 2. The zero-order valence-electron chi connectivity index (χ0n) is 23.2. The Bertz CT molecular complexity index is 921. The summed E-state index contributed by atoms with van der Waals surface area (Å²) in [7, 11) is 0. The number of carbonyl (C=O) groups excluding carboxylic acids is 3. The molecule has 1 saturated heterocycles. The maximum atomic E-state index is 13.3. The van der Waals surface area contributed by atoms with Gasteiger partial charge in [-0.1, -0.05) is 36.4 Å². The second-order valence-corrected chi connectivity index (χ2v) is 11.2. The maximum absolute atomic E-state index is 13.3. The zero-order valence-corrected chi connectivity index (χ0v) is 23.2. The molecule has 1 aliphatic heterocycles. The first-order chi connectivity index (χ1) is 17.2. The van der Waals surface area contributed by atoms with Gasteiger partial charge in [-0.05, 0) is 60.5 Å². The van der Waals surface area contributed by atoms with E-state index in [1.54, 1.807) is 59.4 Å². The Morgan fingerprint density at radius 2 is 1.65 bits per heavy atom. The summed E-state index contributed by atoms with van der Waals surface area (Å²) in [6.45, 7) is 16.5. The van der Waals surface area contributed by atoms with E-state index in [-0.39, 0.29) is 25.8 Å². The average Bonchev–Trinajstić information content (AvgIpc) is 2.79. The fourth-order valence-electron chi connectivity index (χ4n) is 3.86. The van der Waals surface area contributed by atoms with Crippen molar-refractivity contribution in [3.8, 4) is 0 Å². The van der Waals surface area contributed by atoms with Crippen LogP contribution in [0.5, 0.6) is 0 Å². The normalized spacial score (nSPS) is 18.9. The molecule has 1 heterocycles. The fraction of sp³-hybridized carbons (Fsp3) is 0.607. The first kappa shape index (κ1) is 30.2. The summed E-state index contributed by atoms with van der Waals surface area (Å²) in [5, 5.41) is 0. The number of carbonyl (C=O) groups is 3. The Hall–Kier alpha value is -3.07. The van der Waals surface area contributed by atoms with Crippen LogP contribution in [0, 0.1) is 0 Å². The van der Waals surface area contributed by atoms with Gasteiger partial charge in [0, 0.05) is 6.54 Å². The Balaban J connectivity index is 2.33. The molecule has 1 aromatic rings. The molecule has 3 atom stereocenters. The molecule has 206 valence electrons. The predicted octanol–water partition coefficient (Wildman–Crippen LogP) is 4.94. The SMILES string of the molecule is C=CC[C@H]1COC[C@@H](CN(C(=O)OCc2ccccc2)[C@@H](C)C(=O)OC(C)(C)C)N1C(=O)OC(C)(C)C. The lowest BCUT2D eigenvalue weighted by Crippen LogP contribution is -2.61. The molecule has 1 fully saturated rings. The molecule has 9 nitrogen and oxygen atoms in total. The first-order valence-electron chi connectivity index (χ1n) is 12.6. The Labute approximate surface area is 220 Å². The molecule has 0 bridgehead atoms. The van der Waals surface area contributed by atoms with Gasteiger partial charge in [-0.2, -0.15) is 0 Å². The third kappa shape index (κ3) is 9.72.